The normalized spacial score (nSPS) is 15.0. The third kappa shape index (κ3) is 5.91. The van der Waals surface area contributed by atoms with Crippen LogP contribution in [0.1, 0.15) is 49.9 Å². The third-order valence-corrected chi connectivity index (χ3v) is 4.85. The van der Waals surface area contributed by atoms with Crippen molar-refractivity contribution in [1.29, 1.82) is 0 Å². The number of aromatic nitrogens is 2. The Kier molecular flexibility index (Phi) is 6.64. The van der Waals surface area contributed by atoms with E-state index in [2.05, 4.69) is 15.7 Å². The fraction of sp³-hybridized carbons (Fsp3) is 0.429. The van der Waals surface area contributed by atoms with Crippen molar-refractivity contribution < 1.29 is 19.1 Å². The van der Waals surface area contributed by atoms with E-state index in [4.69, 9.17) is 4.74 Å². The van der Waals surface area contributed by atoms with Gasteiger partial charge in [0.05, 0.1) is 11.9 Å². The molecule has 2 amide bonds. The van der Waals surface area contributed by atoms with Crippen molar-refractivity contribution in [3.8, 4) is 5.75 Å². The van der Waals surface area contributed by atoms with Crippen molar-refractivity contribution in [2.45, 2.75) is 58.2 Å². The summed E-state index contributed by atoms with van der Waals surface area (Å²) >= 11 is 0. The van der Waals surface area contributed by atoms with Crippen molar-refractivity contribution in [1.82, 2.24) is 15.1 Å². The smallest absolute Gasteiger partial charge is 0.265 e. The summed E-state index contributed by atoms with van der Waals surface area (Å²) in [6.07, 6.45) is 6.69. The number of carbonyl (C=O) groups is 3. The van der Waals surface area contributed by atoms with Crippen molar-refractivity contribution in [3.05, 3.63) is 42.2 Å². The third-order valence-electron chi connectivity index (χ3n) is 4.85. The lowest BCUT2D eigenvalue weighted by Gasteiger charge is -2.14. The second kappa shape index (κ2) is 9.36. The number of nitrogens with one attached hydrogen (secondary N) is 2. The molecule has 8 heteroatoms. The van der Waals surface area contributed by atoms with E-state index in [1.807, 2.05) is 0 Å². The Hall–Kier alpha value is -3.16. The van der Waals surface area contributed by atoms with Crippen LogP contribution in [0.2, 0.25) is 0 Å². The van der Waals surface area contributed by atoms with Crippen LogP contribution in [0.4, 0.5) is 5.69 Å². The molecule has 2 aromatic rings. The summed E-state index contributed by atoms with van der Waals surface area (Å²) in [6, 6.07) is 6.95. The van der Waals surface area contributed by atoms with Gasteiger partial charge in [-0.25, -0.2) is 0 Å². The fourth-order valence-electron chi connectivity index (χ4n) is 3.30. The standard InChI is InChI=1S/C21H26N4O4/c1-14(26)16-6-5-9-19(10-16)29-15(2)21(28)24-18-11-22-25(12-18)13-20(27)23-17-7-3-4-8-17/h5-6,9-12,15,17H,3-4,7-8,13H2,1-2H3,(H,23,27)(H,24,28). The molecule has 1 aliphatic rings. The molecule has 1 saturated carbocycles. The maximum atomic E-state index is 12.4. The molecule has 154 valence electrons. The highest BCUT2D eigenvalue weighted by Crippen LogP contribution is 2.18. The summed E-state index contributed by atoms with van der Waals surface area (Å²) in [5.74, 6) is -0.0651. The van der Waals surface area contributed by atoms with E-state index in [9.17, 15) is 14.4 Å². The van der Waals surface area contributed by atoms with Gasteiger partial charge in [0.2, 0.25) is 5.91 Å². The maximum Gasteiger partial charge on any atom is 0.265 e. The predicted octanol–water partition coefficient (Wildman–Crippen LogP) is 2.55. The number of nitrogens with zero attached hydrogens (tertiary/aromatic N) is 2. The number of amides is 2. The summed E-state index contributed by atoms with van der Waals surface area (Å²) in [7, 11) is 0. The molecule has 0 spiro atoms. The molecule has 0 aliphatic heterocycles. The van der Waals surface area contributed by atoms with Crippen LogP contribution in [0.5, 0.6) is 5.75 Å². The molecule has 29 heavy (non-hydrogen) atoms. The highest BCUT2D eigenvalue weighted by molar-refractivity contribution is 5.95. The number of ketones is 1. The van der Waals surface area contributed by atoms with Crippen LogP contribution in [0.25, 0.3) is 0 Å². The first kappa shape index (κ1) is 20.6. The van der Waals surface area contributed by atoms with Crippen molar-refractivity contribution in [3.63, 3.8) is 0 Å². The molecule has 1 aromatic heterocycles. The Morgan fingerprint density at radius 1 is 1.28 bits per heavy atom. The fourth-order valence-corrected chi connectivity index (χ4v) is 3.30. The minimum atomic E-state index is -0.772. The Morgan fingerprint density at radius 3 is 2.76 bits per heavy atom. The molecule has 3 rings (SSSR count). The summed E-state index contributed by atoms with van der Waals surface area (Å²) in [6.45, 7) is 3.20. The highest BCUT2D eigenvalue weighted by atomic mass is 16.5. The van der Waals surface area contributed by atoms with Crippen molar-refractivity contribution in [2.75, 3.05) is 5.32 Å². The maximum absolute atomic E-state index is 12.4. The minimum Gasteiger partial charge on any atom is -0.481 e. The average Bonchev–Trinajstić information content (AvgIpc) is 3.34. The molecule has 2 N–H and O–H groups in total. The minimum absolute atomic E-state index is 0.0723. The van der Waals surface area contributed by atoms with Gasteiger partial charge in [0.25, 0.3) is 5.91 Å². The van der Waals surface area contributed by atoms with Crippen LogP contribution >= 0.6 is 0 Å². The van der Waals surface area contributed by atoms with E-state index in [0.717, 1.165) is 25.7 Å². The van der Waals surface area contributed by atoms with Crippen LogP contribution in [-0.4, -0.2) is 39.5 Å². The molecule has 1 aliphatic carbocycles. The number of ether oxygens (including phenoxy) is 1. The van der Waals surface area contributed by atoms with Gasteiger partial charge in [0.15, 0.2) is 11.9 Å². The molecule has 8 nitrogen and oxygen atoms in total. The largest absolute Gasteiger partial charge is 0.481 e. The van der Waals surface area contributed by atoms with Gasteiger partial charge in [0.1, 0.15) is 12.3 Å². The number of hydrogen-bond donors (Lipinski definition) is 2. The zero-order chi connectivity index (χ0) is 20.8. The van der Waals surface area contributed by atoms with Crippen LogP contribution < -0.4 is 15.4 Å². The molecular weight excluding hydrogens is 372 g/mol. The number of Topliss-reactive ketones (excluding diaryl/α,β-unsaturated/α-hetero) is 1. The van der Waals surface area contributed by atoms with Gasteiger partial charge in [-0.2, -0.15) is 5.10 Å². The zero-order valence-corrected chi connectivity index (χ0v) is 16.7. The van der Waals surface area contributed by atoms with Crippen molar-refractivity contribution in [2.24, 2.45) is 0 Å². The summed E-state index contributed by atoms with van der Waals surface area (Å²) in [4.78, 5) is 35.9. The molecule has 1 heterocycles. The van der Waals surface area contributed by atoms with Gasteiger partial charge in [-0.15, -0.1) is 0 Å². The SMILES string of the molecule is CC(=O)c1cccc(OC(C)C(=O)Nc2cnn(CC(=O)NC3CCCC3)c2)c1. The number of rotatable bonds is 8. The summed E-state index contributed by atoms with van der Waals surface area (Å²) in [5, 5.41) is 9.85. The van der Waals surface area contributed by atoms with E-state index in [-0.39, 0.29) is 30.2 Å². The second-order valence-corrected chi connectivity index (χ2v) is 7.31. The van der Waals surface area contributed by atoms with Crippen LogP contribution in [-0.2, 0) is 16.1 Å². The Labute approximate surface area is 169 Å². The highest BCUT2D eigenvalue weighted by Gasteiger charge is 2.18. The van der Waals surface area contributed by atoms with E-state index in [0.29, 0.717) is 17.0 Å². The number of benzene rings is 1. The second-order valence-electron chi connectivity index (χ2n) is 7.31. The lowest BCUT2D eigenvalue weighted by Crippen LogP contribution is -2.35. The van der Waals surface area contributed by atoms with E-state index < -0.39 is 6.10 Å². The van der Waals surface area contributed by atoms with Crippen LogP contribution in [0, 0.1) is 0 Å². The Bertz CT molecular complexity index is 886. The molecule has 0 bridgehead atoms. The first-order valence-corrected chi connectivity index (χ1v) is 9.81. The molecule has 1 atom stereocenters. The van der Waals surface area contributed by atoms with Crippen LogP contribution in [0.3, 0.4) is 0 Å². The topological polar surface area (TPSA) is 102 Å². The first-order valence-electron chi connectivity index (χ1n) is 9.81. The van der Waals surface area contributed by atoms with Crippen molar-refractivity contribution >= 4 is 23.3 Å². The van der Waals surface area contributed by atoms with Gasteiger partial charge in [-0.1, -0.05) is 25.0 Å². The Balaban J connectivity index is 1.50. The lowest BCUT2D eigenvalue weighted by molar-refractivity contribution is -0.123. The van der Waals surface area contributed by atoms with Gasteiger partial charge < -0.3 is 15.4 Å². The number of hydrogen-bond acceptors (Lipinski definition) is 5. The van der Waals surface area contributed by atoms with E-state index >= 15 is 0 Å². The molecule has 1 unspecified atom stereocenters. The quantitative estimate of drug-likeness (QED) is 0.666. The lowest BCUT2D eigenvalue weighted by atomic mass is 10.1. The van der Waals surface area contributed by atoms with E-state index in [1.54, 1.807) is 37.4 Å². The number of carbonyl (C=O) groups excluding carboxylic acids is 3. The molecule has 1 aromatic carbocycles. The average molecular weight is 398 g/mol. The van der Waals surface area contributed by atoms with Gasteiger partial charge in [-0.05, 0) is 38.8 Å². The molecular formula is C21H26N4O4. The predicted molar refractivity (Wildman–Crippen MR) is 108 cm³/mol. The number of anilines is 1. The summed E-state index contributed by atoms with van der Waals surface area (Å²) in [5.41, 5.74) is 1.00. The summed E-state index contributed by atoms with van der Waals surface area (Å²) < 4.78 is 7.12. The van der Waals surface area contributed by atoms with E-state index in [1.165, 1.54) is 17.8 Å². The van der Waals surface area contributed by atoms with Gasteiger partial charge in [0, 0.05) is 17.8 Å². The molecule has 0 saturated heterocycles. The van der Waals surface area contributed by atoms with Crippen LogP contribution in [0.15, 0.2) is 36.7 Å². The monoisotopic (exact) mass is 398 g/mol. The Morgan fingerprint density at radius 2 is 2.03 bits per heavy atom. The zero-order valence-electron chi connectivity index (χ0n) is 16.7. The van der Waals surface area contributed by atoms with Gasteiger partial charge in [-0.3, -0.25) is 19.1 Å². The molecule has 1 fully saturated rings. The molecule has 0 radical (unpaired) electrons. The first-order chi connectivity index (χ1) is 13.9. The van der Waals surface area contributed by atoms with Gasteiger partial charge >= 0.3 is 0 Å².